The predicted molar refractivity (Wildman–Crippen MR) is 123 cm³/mol. The van der Waals surface area contributed by atoms with Gasteiger partial charge in [-0.05, 0) is 42.7 Å². The molecular formula is C24H25N5OS. The first-order valence-corrected chi connectivity index (χ1v) is 11.7. The number of thiazole rings is 1. The average molecular weight is 432 g/mol. The Hall–Kier alpha value is -2.95. The molecule has 31 heavy (non-hydrogen) atoms. The van der Waals surface area contributed by atoms with Gasteiger partial charge in [0.05, 0.1) is 27.4 Å². The second kappa shape index (κ2) is 8.66. The molecule has 2 saturated heterocycles. The summed E-state index contributed by atoms with van der Waals surface area (Å²) < 4.78 is 1.22. The van der Waals surface area contributed by atoms with Crippen molar-refractivity contribution in [2.24, 2.45) is 0 Å². The van der Waals surface area contributed by atoms with Gasteiger partial charge in [-0.1, -0.05) is 18.2 Å². The normalized spacial score (nSPS) is 20.2. The fraction of sp³-hybridized carbons (Fsp3) is 0.375. The molecule has 5 rings (SSSR count). The highest BCUT2D eigenvalue weighted by atomic mass is 32.1. The molecule has 2 aromatic carbocycles. The third-order valence-electron chi connectivity index (χ3n) is 6.38. The van der Waals surface area contributed by atoms with Crippen molar-refractivity contribution in [2.75, 3.05) is 24.5 Å². The van der Waals surface area contributed by atoms with Crippen LogP contribution in [0.2, 0.25) is 0 Å². The lowest BCUT2D eigenvalue weighted by Gasteiger charge is -2.42. The van der Waals surface area contributed by atoms with Crippen LogP contribution in [0.25, 0.3) is 10.2 Å². The van der Waals surface area contributed by atoms with Gasteiger partial charge in [-0.2, -0.15) is 5.26 Å². The van der Waals surface area contributed by atoms with Gasteiger partial charge in [0, 0.05) is 50.4 Å². The highest BCUT2D eigenvalue weighted by molar-refractivity contribution is 7.16. The van der Waals surface area contributed by atoms with Gasteiger partial charge in [-0.25, -0.2) is 4.98 Å². The van der Waals surface area contributed by atoms with Gasteiger partial charge in [0.1, 0.15) is 0 Å². The molecule has 0 spiro atoms. The standard InChI is InChI=1S/C24H25N5OS/c25-12-17-3-1-5-19(11-17)29-20-7-8-21(29)15-28(14-20)23(30)9-10-26-13-18-4-2-6-22-24(18)31-16-27-22/h1-6,11,16,20-21,26H,7-10,13-15H2. The maximum Gasteiger partial charge on any atom is 0.223 e. The number of likely N-dealkylation sites (tertiary alicyclic amines) is 1. The minimum Gasteiger partial charge on any atom is -0.362 e. The van der Waals surface area contributed by atoms with E-state index in [-0.39, 0.29) is 5.91 Å². The molecule has 3 heterocycles. The molecule has 2 unspecified atom stereocenters. The lowest BCUT2D eigenvalue weighted by molar-refractivity contribution is -0.132. The first kappa shape index (κ1) is 20.0. The molecule has 2 aliphatic rings. The quantitative estimate of drug-likeness (QED) is 0.605. The molecule has 1 N–H and O–H groups in total. The van der Waals surface area contributed by atoms with Gasteiger partial charge in [0.25, 0.3) is 0 Å². The Bertz CT molecular complexity index is 1120. The van der Waals surface area contributed by atoms with Crippen molar-refractivity contribution in [1.29, 1.82) is 5.26 Å². The molecule has 6 nitrogen and oxygen atoms in total. The first-order chi connectivity index (χ1) is 15.2. The third kappa shape index (κ3) is 4.01. The van der Waals surface area contributed by atoms with Crippen LogP contribution in [0.1, 0.15) is 30.4 Å². The third-order valence-corrected chi connectivity index (χ3v) is 7.30. The van der Waals surface area contributed by atoms with E-state index in [1.54, 1.807) is 11.3 Å². The summed E-state index contributed by atoms with van der Waals surface area (Å²) >= 11 is 1.66. The molecular weight excluding hydrogens is 406 g/mol. The van der Waals surface area contributed by atoms with E-state index in [1.807, 2.05) is 40.7 Å². The van der Waals surface area contributed by atoms with E-state index in [0.717, 1.165) is 43.7 Å². The number of hydrogen-bond acceptors (Lipinski definition) is 6. The lowest BCUT2D eigenvalue weighted by atomic mass is 10.1. The predicted octanol–water partition coefficient (Wildman–Crippen LogP) is 3.53. The number of carbonyl (C=O) groups is 1. The lowest BCUT2D eigenvalue weighted by Crippen LogP contribution is -2.55. The molecule has 1 aromatic heterocycles. The Morgan fingerprint density at radius 1 is 1.19 bits per heavy atom. The van der Waals surface area contributed by atoms with E-state index < -0.39 is 0 Å². The van der Waals surface area contributed by atoms with Crippen LogP contribution in [0.3, 0.4) is 0 Å². The zero-order valence-electron chi connectivity index (χ0n) is 17.3. The molecule has 158 valence electrons. The summed E-state index contributed by atoms with van der Waals surface area (Å²) in [6.07, 6.45) is 2.71. The fourth-order valence-corrected chi connectivity index (χ4v) is 5.73. The van der Waals surface area contributed by atoms with Gasteiger partial charge >= 0.3 is 0 Å². The van der Waals surface area contributed by atoms with Crippen LogP contribution in [0.5, 0.6) is 0 Å². The summed E-state index contributed by atoms with van der Waals surface area (Å²) in [5.74, 6) is 0.228. The van der Waals surface area contributed by atoms with E-state index in [2.05, 4.69) is 33.4 Å². The number of piperazine rings is 1. The molecule has 0 aliphatic carbocycles. The number of nitrogens with zero attached hydrogens (tertiary/aromatic N) is 4. The maximum atomic E-state index is 12.9. The van der Waals surface area contributed by atoms with Crippen LogP contribution in [0.15, 0.2) is 48.0 Å². The van der Waals surface area contributed by atoms with Crippen LogP contribution in [-0.2, 0) is 11.3 Å². The Morgan fingerprint density at radius 2 is 2.00 bits per heavy atom. The van der Waals surface area contributed by atoms with Gasteiger partial charge in [-0.15, -0.1) is 11.3 Å². The molecule has 1 amide bonds. The summed E-state index contributed by atoms with van der Waals surface area (Å²) in [6, 6.07) is 16.9. The Morgan fingerprint density at radius 3 is 2.81 bits per heavy atom. The van der Waals surface area contributed by atoms with Crippen molar-refractivity contribution in [3.05, 3.63) is 59.1 Å². The van der Waals surface area contributed by atoms with Crippen LogP contribution in [0.4, 0.5) is 5.69 Å². The number of rotatable bonds is 6. The van der Waals surface area contributed by atoms with E-state index in [4.69, 9.17) is 0 Å². The number of nitriles is 1. The van der Waals surface area contributed by atoms with Crippen molar-refractivity contribution in [3.8, 4) is 6.07 Å². The van der Waals surface area contributed by atoms with E-state index in [0.29, 0.717) is 30.6 Å². The number of nitrogens with one attached hydrogen (secondary N) is 1. The zero-order valence-corrected chi connectivity index (χ0v) is 18.1. The number of benzene rings is 2. The van der Waals surface area contributed by atoms with Gasteiger partial charge < -0.3 is 15.1 Å². The number of hydrogen-bond donors (Lipinski definition) is 1. The summed E-state index contributed by atoms with van der Waals surface area (Å²) in [5.41, 5.74) is 5.95. The van der Waals surface area contributed by atoms with E-state index in [1.165, 1.54) is 10.3 Å². The van der Waals surface area contributed by atoms with Crippen LogP contribution >= 0.6 is 11.3 Å². The molecule has 2 bridgehead atoms. The van der Waals surface area contributed by atoms with Crippen LogP contribution in [-0.4, -0.2) is 47.5 Å². The summed E-state index contributed by atoms with van der Waals surface area (Å²) in [4.78, 5) is 21.7. The zero-order chi connectivity index (χ0) is 21.2. The second-order valence-electron chi connectivity index (χ2n) is 8.30. The number of carbonyl (C=O) groups excluding carboxylic acids is 1. The van der Waals surface area contributed by atoms with Gasteiger partial charge in [0.15, 0.2) is 0 Å². The average Bonchev–Trinajstić information content (AvgIpc) is 3.39. The minimum absolute atomic E-state index is 0.228. The summed E-state index contributed by atoms with van der Waals surface area (Å²) in [5, 5.41) is 12.6. The molecule has 2 aliphatic heterocycles. The molecule has 2 atom stereocenters. The highest BCUT2D eigenvalue weighted by Gasteiger charge is 2.41. The smallest absolute Gasteiger partial charge is 0.223 e. The number of anilines is 1. The topological polar surface area (TPSA) is 72.3 Å². The second-order valence-corrected chi connectivity index (χ2v) is 9.15. The molecule has 7 heteroatoms. The fourth-order valence-electron chi connectivity index (χ4n) is 4.92. The highest BCUT2D eigenvalue weighted by Crippen LogP contribution is 2.35. The number of aromatic nitrogens is 1. The Balaban J connectivity index is 1.15. The van der Waals surface area contributed by atoms with Crippen molar-refractivity contribution in [3.63, 3.8) is 0 Å². The van der Waals surface area contributed by atoms with E-state index >= 15 is 0 Å². The van der Waals surface area contributed by atoms with Crippen molar-refractivity contribution >= 4 is 33.1 Å². The maximum absolute atomic E-state index is 12.9. The monoisotopic (exact) mass is 431 g/mol. The van der Waals surface area contributed by atoms with Gasteiger partial charge in [-0.3, -0.25) is 4.79 Å². The number of amides is 1. The van der Waals surface area contributed by atoms with Gasteiger partial charge in [0.2, 0.25) is 5.91 Å². The minimum atomic E-state index is 0.228. The Kier molecular flexibility index (Phi) is 5.58. The molecule has 2 fully saturated rings. The first-order valence-electron chi connectivity index (χ1n) is 10.8. The largest absolute Gasteiger partial charge is 0.362 e. The van der Waals surface area contributed by atoms with E-state index in [9.17, 15) is 10.1 Å². The summed E-state index contributed by atoms with van der Waals surface area (Å²) in [7, 11) is 0. The molecule has 0 saturated carbocycles. The van der Waals surface area contributed by atoms with Crippen LogP contribution in [0, 0.1) is 11.3 Å². The molecule has 3 aromatic rings. The van der Waals surface area contributed by atoms with Crippen LogP contribution < -0.4 is 10.2 Å². The van der Waals surface area contributed by atoms with Crippen molar-refractivity contribution in [1.82, 2.24) is 15.2 Å². The SMILES string of the molecule is N#Cc1cccc(N2C3CCC2CN(C(=O)CCNCc2cccc4ncsc24)C3)c1. The summed E-state index contributed by atoms with van der Waals surface area (Å²) in [6.45, 7) is 2.97. The Labute approximate surface area is 186 Å². The molecule has 0 radical (unpaired) electrons. The number of fused-ring (bicyclic) bond motifs is 3. The van der Waals surface area contributed by atoms with Crippen molar-refractivity contribution in [2.45, 2.75) is 37.9 Å². The van der Waals surface area contributed by atoms with Crippen molar-refractivity contribution < 1.29 is 4.79 Å².